The number of hydrogen-bond donors (Lipinski definition) is 2. The molecular weight excluding hydrogens is 396 g/mol. The summed E-state index contributed by atoms with van der Waals surface area (Å²) < 4.78 is 33.2. The van der Waals surface area contributed by atoms with Crippen molar-refractivity contribution in [2.75, 3.05) is 19.0 Å². The fourth-order valence-corrected chi connectivity index (χ4v) is 3.75. The van der Waals surface area contributed by atoms with Crippen LogP contribution < -0.4 is 15.4 Å². The highest BCUT2D eigenvalue weighted by molar-refractivity contribution is 7.80. The van der Waals surface area contributed by atoms with Gasteiger partial charge in [-0.05, 0) is 44.3 Å². The second kappa shape index (κ2) is 8.57. The molecule has 0 spiro atoms. The largest absolute Gasteiger partial charge is 0.495 e. The molecule has 0 aliphatic carbocycles. The second-order valence-corrected chi connectivity index (χ2v) is 6.83. The lowest BCUT2D eigenvalue weighted by Crippen LogP contribution is -2.48. The van der Waals surface area contributed by atoms with Gasteiger partial charge in [0.2, 0.25) is 0 Å². The number of carbonyl (C=O) groups is 1. The number of amides is 1. The van der Waals surface area contributed by atoms with Gasteiger partial charge in [0.05, 0.1) is 24.4 Å². The molecule has 0 saturated carbocycles. The van der Waals surface area contributed by atoms with Crippen LogP contribution in [0.15, 0.2) is 53.7 Å². The Morgan fingerprint density at radius 1 is 1.28 bits per heavy atom. The molecule has 29 heavy (non-hydrogen) atoms. The van der Waals surface area contributed by atoms with Gasteiger partial charge in [-0.2, -0.15) is 0 Å². The predicted octanol–water partition coefficient (Wildman–Crippen LogP) is 4.14. The van der Waals surface area contributed by atoms with Crippen LogP contribution in [-0.4, -0.2) is 29.6 Å². The summed E-state index contributed by atoms with van der Waals surface area (Å²) >= 11 is 5.39. The van der Waals surface area contributed by atoms with Gasteiger partial charge in [0.15, 0.2) is 5.11 Å². The second-order valence-electron chi connectivity index (χ2n) is 6.45. The Labute approximate surface area is 173 Å². The van der Waals surface area contributed by atoms with Gasteiger partial charge in [-0.15, -0.1) is 0 Å². The summed E-state index contributed by atoms with van der Waals surface area (Å²) in [6, 6.07) is 9.38. The molecule has 0 aromatic heterocycles. The van der Waals surface area contributed by atoms with Crippen LogP contribution in [-0.2, 0) is 4.79 Å². The third-order valence-corrected chi connectivity index (χ3v) is 5.12. The number of thiocarbonyl (C=S) groups is 1. The van der Waals surface area contributed by atoms with E-state index >= 15 is 0 Å². The molecule has 2 aromatic carbocycles. The highest BCUT2D eigenvalue weighted by atomic mass is 32.1. The van der Waals surface area contributed by atoms with Gasteiger partial charge in [-0.25, -0.2) is 8.78 Å². The Bertz CT molecular complexity index is 994. The number of halogens is 2. The summed E-state index contributed by atoms with van der Waals surface area (Å²) in [5.41, 5.74) is 1.50. The third kappa shape index (κ3) is 4.07. The van der Waals surface area contributed by atoms with Gasteiger partial charge >= 0.3 is 0 Å². The number of nitrogens with zero attached hydrogens (tertiary/aromatic N) is 1. The van der Waals surface area contributed by atoms with Crippen molar-refractivity contribution in [3.05, 3.63) is 70.9 Å². The van der Waals surface area contributed by atoms with E-state index in [-0.39, 0.29) is 11.1 Å². The highest BCUT2D eigenvalue weighted by Gasteiger charge is 2.35. The third-order valence-electron chi connectivity index (χ3n) is 4.79. The number of carbonyl (C=O) groups excluding carboxylic acids is 1. The van der Waals surface area contributed by atoms with E-state index in [2.05, 4.69) is 10.6 Å². The smallest absolute Gasteiger partial charge is 0.255 e. The van der Waals surface area contributed by atoms with Crippen LogP contribution >= 0.6 is 12.2 Å². The van der Waals surface area contributed by atoms with E-state index in [1.807, 2.05) is 6.92 Å². The first-order chi connectivity index (χ1) is 13.9. The zero-order chi connectivity index (χ0) is 21.1. The van der Waals surface area contributed by atoms with Crippen molar-refractivity contribution >= 4 is 28.9 Å². The average Bonchev–Trinajstić information content (AvgIpc) is 2.68. The van der Waals surface area contributed by atoms with Crippen molar-refractivity contribution in [3.63, 3.8) is 0 Å². The van der Waals surface area contributed by atoms with Gasteiger partial charge in [0, 0.05) is 23.9 Å². The van der Waals surface area contributed by atoms with Crippen LogP contribution in [0.1, 0.15) is 25.5 Å². The van der Waals surface area contributed by atoms with Crippen molar-refractivity contribution < 1.29 is 18.3 Å². The first-order valence-corrected chi connectivity index (χ1v) is 9.46. The number of rotatable bonds is 5. The van der Waals surface area contributed by atoms with Gasteiger partial charge in [-0.3, -0.25) is 4.79 Å². The fourth-order valence-electron chi connectivity index (χ4n) is 3.36. The van der Waals surface area contributed by atoms with Crippen molar-refractivity contribution in [1.29, 1.82) is 0 Å². The number of para-hydroxylation sites is 2. The van der Waals surface area contributed by atoms with E-state index in [0.717, 1.165) is 12.1 Å². The number of nitrogens with one attached hydrogen (secondary N) is 2. The number of anilines is 1. The molecule has 1 atom stereocenters. The summed E-state index contributed by atoms with van der Waals surface area (Å²) in [4.78, 5) is 15.0. The molecule has 1 aliphatic heterocycles. The van der Waals surface area contributed by atoms with Crippen LogP contribution in [0.4, 0.5) is 14.5 Å². The lowest BCUT2D eigenvalue weighted by Gasteiger charge is -2.37. The quantitative estimate of drug-likeness (QED) is 0.717. The summed E-state index contributed by atoms with van der Waals surface area (Å²) in [6.07, 6.45) is 0. The molecule has 2 N–H and O–H groups in total. The molecule has 0 saturated heterocycles. The number of methoxy groups -OCH3 is 1. The van der Waals surface area contributed by atoms with Crippen LogP contribution in [0.25, 0.3) is 0 Å². The summed E-state index contributed by atoms with van der Waals surface area (Å²) in [7, 11) is 1.51. The van der Waals surface area contributed by atoms with E-state index in [9.17, 15) is 13.6 Å². The minimum absolute atomic E-state index is 0.133. The minimum atomic E-state index is -0.861. The molecule has 1 amide bonds. The number of allylic oxidation sites excluding steroid dienone is 1. The van der Waals surface area contributed by atoms with Crippen LogP contribution in [0.5, 0.6) is 5.75 Å². The lowest BCUT2D eigenvalue weighted by atomic mass is 9.93. The van der Waals surface area contributed by atoms with Crippen molar-refractivity contribution in [2.24, 2.45) is 0 Å². The van der Waals surface area contributed by atoms with Gasteiger partial charge in [0.25, 0.3) is 5.91 Å². The Morgan fingerprint density at radius 2 is 2.00 bits per heavy atom. The van der Waals surface area contributed by atoms with E-state index in [0.29, 0.717) is 28.8 Å². The van der Waals surface area contributed by atoms with Crippen LogP contribution in [0.3, 0.4) is 0 Å². The maximum absolute atomic E-state index is 14.5. The lowest BCUT2D eigenvalue weighted by molar-refractivity contribution is -0.113. The normalized spacial score (nSPS) is 16.5. The maximum atomic E-state index is 14.5. The highest BCUT2D eigenvalue weighted by Crippen LogP contribution is 2.34. The maximum Gasteiger partial charge on any atom is 0.255 e. The zero-order valence-electron chi connectivity index (χ0n) is 16.3. The number of benzene rings is 2. The van der Waals surface area contributed by atoms with Crippen molar-refractivity contribution in [1.82, 2.24) is 10.2 Å². The number of hydrogen-bond acceptors (Lipinski definition) is 3. The molecule has 0 radical (unpaired) electrons. The van der Waals surface area contributed by atoms with Gasteiger partial charge in [-0.1, -0.05) is 18.2 Å². The minimum Gasteiger partial charge on any atom is -0.495 e. The van der Waals surface area contributed by atoms with Crippen molar-refractivity contribution in [3.8, 4) is 5.75 Å². The summed E-state index contributed by atoms with van der Waals surface area (Å²) in [6.45, 7) is 4.18. The summed E-state index contributed by atoms with van der Waals surface area (Å²) in [5.74, 6) is -1.39. The fraction of sp³-hybridized carbons (Fsp3) is 0.238. The monoisotopic (exact) mass is 417 g/mol. The predicted molar refractivity (Wildman–Crippen MR) is 112 cm³/mol. The van der Waals surface area contributed by atoms with E-state index in [4.69, 9.17) is 17.0 Å². The molecule has 8 heteroatoms. The van der Waals surface area contributed by atoms with E-state index in [1.54, 1.807) is 36.1 Å². The van der Waals surface area contributed by atoms with Gasteiger partial charge in [0.1, 0.15) is 17.4 Å². The average molecular weight is 417 g/mol. The molecule has 152 valence electrons. The van der Waals surface area contributed by atoms with Crippen molar-refractivity contribution in [2.45, 2.75) is 19.9 Å². The molecule has 1 aliphatic rings. The molecule has 3 rings (SSSR count). The Kier molecular flexibility index (Phi) is 6.12. The molecule has 0 bridgehead atoms. The number of ether oxygens (including phenoxy) is 1. The van der Waals surface area contributed by atoms with Gasteiger partial charge < -0.3 is 20.3 Å². The van der Waals surface area contributed by atoms with E-state index in [1.165, 1.54) is 13.2 Å². The SMILES string of the molecule is CCN1C(=S)N[C@@H](c2ccc(F)cc2F)C(C(=O)Nc2ccccc2OC)=C1C. The molecule has 2 aromatic rings. The topological polar surface area (TPSA) is 53.6 Å². The molecular formula is C21H21F2N3O2S. The Balaban J connectivity index is 2.07. The summed E-state index contributed by atoms with van der Waals surface area (Å²) in [5, 5.41) is 6.21. The molecule has 1 heterocycles. The molecule has 0 unspecified atom stereocenters. The Morgan fingerprint density at radius 3 is 2.66 bits per heavy atom. The Hall–Kier alpha value is -3.00. The first kappa shape index (κ1) is 20.7. The van der Waals surface area contributed by atoms with E-state index < -0.39 is 23.6 Å². The van der Waals surface area contributed by atoms with Crippen LogP contribution in [0.2, 0.25) is 0 Å². The standard InChI is InChI=1S/C21H21F2N3O2S/c1-4-26-12(2)18(20(27)24-16-7-5-6-8-17(16)28-3)19(25-21(26)29)14-10-9-13(22)11-15(14)23/h5-11,19H,4H2,1-3H3,(H,24,27)(H,25,29)/t19-/m0/s1. The van der Waals surface area contributed by atoms with Crippen LogP contribution in [0, 0.1) is 11.6 Å². The zero-order valence-corrected chi connectivity index (χ0v) is 17.1. The molecule has 0 fully saturated rings. The molecule has 5 nitrogen and oxygen atoms in total. The first-order valence-electron chi connectivity index (χ1n) is 9.05.